The van der Waals surface area contributed by atoms with E-state index in [0.29, 0.717) is 12.3 Å². The van der Waals surface area contributed by atoms with Crippen molar-refractivity contribution in [2.75, 3.05) is 13.1 Å². The first-order valence-corrected chi connectivity index (χ1v) is 7.14. The second-order valence-electron chi connectivity index (χ2n) is 4.78. The summed E-state index contributed by atoms with van der Waals surface area (Å²) in [7, 11) is 0. The highest BCUT2D eigenvalue weighted by Crippen LogP contribution is 2.16. The van der Waals surface area contributed by atoms with Gasteiger partial charge in [0.1, 0.15) is 0 Å². The van der Waals surface area contributed by atoms with Crippen LogP contribution in [0, 0.1) is 18.3 Å². The van der Waals surface area contributed by atoms with Crippen molar-refractivity contribution in [3.63, 3.8) is 0 Å². The molecule has 0 aromatic rings. The van der Waals surface area contributed by atoms with E-state index in [4.69, 9.17) is 12.2 Å². The summed E-state index contributed by atoms with van der Waals surface area (Å²) in [5.41, 5.74) is 5.58. The van der Waals surface area contributed by atoms with E-state index < -0.39 is 0 Å². The van der Waals surface area contributed by atoms with Crippen molar-refractivity contribution in [3.05, 3.63) is 0 Å². The zero-order valence-electron chi connectivity index (χ0n) is 11.7. The smallest absolute Gasteiger partial charge is 0.220 e. The number of unbranched alkanes of at least 4 members (excludes halogenated alkanes) is 2. The Morgan fingerprint density at radius 3 is 2.72 bits per heavy atom. The van der Waals surface area contributed by atoms with E-state index >= 15 is 0 Å². The third-order valence-corrected chi connectivity index (χ3v) is 3.12. The number of amides is 1. The Hall–Kier alpha value is -1.01. The van der Waals surface area contributed by atoms with Crippen molar-refractivity contribution in [1.29, 1.82) is 0 Å². The van der Waals surface area contributed by atoms with Crippen molar-refractivity contribution in [3.8, 4) is 12.3 Å². The minimum absolute atomic E-state index is 0.161. The average Bonchev–Trinajstić information content (AvgIpc) is 2.36. The molecule has 3 N–H and O–H groups in total. The van der Waals surface area contributed by atoms with E-state index in [9.17, 15) is 4.79 Å². The predicted molar refractivity (Wildman–Crippen MR) is 77.0 cm³/mol. The highest BCUT2D eigenvalue weighted by molar-refractivity contribution is 5.75. The molecular weight excluding hydrogens is 224 g/mol. The summed E-state index contributed by atoms with van der Waals surface area (Å²) in [6, 6.07) is 0. The number of terminal acetylenes is 1. The van der Waals surface area contributed by atoms with E-state index in [2.05, 4.69) is 18.2 Å². The van der Waals surface area contributed by atoms with Crippen molar-refractivity contribution in [2.24, 2.45) is 11.7 Å². The second kappa shape index (κ2) is 12.4. The average molecular weight is 252 g/mol. The zero-order valence-corrected chi connectivity index (χ0v) is 11.7. The molecule has 0 aliphatic heterocycles. The highest BCUT2D eigenvalue weighted by Gasteiger charge is 2.09. The third-order valence-electron chi connectivity index (χ3n) is 3.12. The van der Waals surface area contributed by atoms with Crippen LogP contribution in [0.4, 0.5) is 0 Å². The molecule has 0 aliphatic rings. The van der Waals surface area contributed by atoms with Crippen LogP contribution in [-0.4, -0.2) is 19.0 Å². The van der Waals surface area contributed by atoms with Crippen molar-refractivity contribution < 1.29 is 4.79 Å². The molecule has 104 valence electrons. The number of carbonyl (C=O) groups is 1. The fourth-order valence-corrected chi connectivity index (χ4v) is 2.08. The standard InChI is InChI=1S/C15H28N2O/c1-3-5-6-7-13-17-15(18)10-9-14(8-4-2)11-12-16/h1,14H,4-13,16H2,2H3,(H,17,18). The lowest BCUT2D eigenvalue weighted by Crippen LogP contribution is -2.25. The van der Waals surface area contributed by atoms with Crippen molar-refractivity contribution in [1.82, 2.24) is 5.32 Å². The topological polar surface area (TPSA) is 55.1 Å². The van der Waals surface area contributed by atoms with Gasteiger partial charge in [-0.2, -0.15) is 0 Å². The van der Waals surface area contributed by atoms with Gasteiger partial charge in [-0.15, -0.1) is 12.3 Å². The normalized spacial score (nSPS) is 11.8. The van der Waals surface area contributed by atoms with Crippen LogP contribution in [0.5, 0.6) is 0 Å². The number of rotatable bonds is 11. The largest absolute Gasteiger partial charge is 0.356 e. The Kier molecular flexibility index (Phi) is 11.7. The monoisotopic (exact) mass is 252 g/mol. The van der Waals surface area contributed by atoms with Gasteiger partial charge in [0, 0.05) is 19.4 Å². The van der Waals surface area contributed by atoms with Crippen LogP contribution in [0.25, 0.3) is 0 Å². The molecule has 1 atom stereocenters. The Bertz CT molecular complexity index is 239. The molecule has 3 heteroatoms. The Labute approximate surface area is 112 Å². The van der Waals surface area contributed by atoms with Gasteiger partial charge in [-0.05, 0) is 38.1 Å². The molecule has 0 aromatic heterocycles. The molecule has 0 heterocycles. The maximum Gasteiger partial charge on any atom is 0.220 e. The van der Waals surface area contributed by atoms with Crippen molar-refractivity contribution in [2.45, 2.75) is 58.3 Å². The number of nitrogens with one attached hydrogen (secondary N) is 1. The Morgan fingerprint density at radius 2 is 2.11 bits per heavy atom. The summed E-state index contributed by atoms with van der Waals surface area (Å²) in [5, 5.41) is 2.94. The van der Waals surface area contributed by atoms with Gasteiger partial charge in [0.05, 0.1) is 0 Å². The summed E-state index contributed by atoms with van der Waals surface area (Å²) in [5.74, 6) is 3.36. The molecule has 0 spiro atoms. The van der Waals surface area contributed by atoms with E-state index in [1.165, 1.54) is 12.8 Å². The van der Waals surface area contributed by atoms with Gasteiger partial charge in [0.2, 0.25) is 5.91 Å². The highest BCUT2D eigenvalue weighted by atomic mass is 16.1. The molecule has 1 amide bonds. The van der Waals surface area contributed by atoms with Crippen LogP contribution >= 0.6 is 0 Å². The van der Waals surface area contributed by atoms with Crippen LogP contribution in [0.1, 0.15) is 58.3 Å². The molecule has 3 nitrogen and oxygen atoms in total. The minimum atomic E-state index is 0.161. The number of hydrogen-bond acceptors (Lipinski definition) is 2. The van der Waals surface area contributed by atoms with Crippen LogP contribution < -0.4 is 11.1 Å². The number of carbonyl (C=O) groups excluding carboxylic acids is 1. The minimum Gasteiger partial charge on any atom is -0.356 e. The Balaban J connectivity index is 3.57. The summed E-state index contributed by atoms with van der Waals surface area (Å²) < 4.78 is 0. The quantitative estimate of drug-likeness (QED) is 0.438. The molecule has 0 fully saturated rings. The van der Waals surface area contributed by atoms with Crippen LogP contribution in [0.2, 0.25) is 0 Å². The van der Waals surface area contributed by atoms with Gasteiger partial charge in [-0.3, -0.25) is 4.79 Å². The molecule has 0 saturated carbocycles. The first-order valence-electron chi connectivity index (χ1n) is 7.14. The second-order valence-corrected chi connectivity index (χ2v) is 4.78. The van der Waals surface area contributed by atoms with Gasteiger partial charge >= 0.3 is 0 Å². The van der Waals surface area contributed by atoms with Gasteiger partial charge in [-0.25, -0.2) is 0 Å². The van der Waals surface area contributed by atoms with Crippen molar-refractivity contribution >= 4 is 5.91 Å². The first-order chi connectivity index (χ1) is 8.74. The summed E-state index contributed by atoms with van der Waals surface area (Å²) in [4.78, 5) is 11.6. The first kappa shape index (κ1) is 17.0. The zero-order chi connectivity index (χ0) is 13.6. The summed E-state index contributed by atoms with van der Waals surface area (Å²) in [6.07, 6.45) is 12.9. The molecule has 0 bridgehead atoms. The van der Waals surface area contributed by atoms with Gasteiger partial charge in [0.15, 0.2) is 0 Å². The maximum absolute atomic E-state index is 11.6. The predicted octanol–water partition coefficient (Wildman–Crippen LogP) is 2.45. The molecular formula is C15H28N2O. The van der Waals surface area contributed by atoms with E-state index in [-0.39, 0.29) is 5.91 Å². The molecule has 0 aromatic carbocycles. The van der Waals surface area contributed by atoms with Crippen LogP contribution in [0.3, 0.4) is 0 Å². The maximum atomic E-state index is 11.6. The molecule has 1 unspecified atom stereocenters. The Morgan fingerprint density at radius 1 is 1.33 bits per heavy atom. The lowest BCUT2D eigenvalue weighted by Gasteiger charge is -2.14. The lowest BCUT2D eigenvalue weighted by molar-refractivity contribution is -0.121. The number of nitrogens with two attached hydrogens (primary N) is 1. The van der Waals surface area contributed by atoms with Crippen LogP contribution in [-0.2, 0) is 4.79 Å². The SMILES string of the molecule is C#CCCCCNC(=O)CCC(CCC)CCN. The van der Waals surface area contributed by atoms with E-state index in [1.54, 1.807) is 0 Å². The van der Waals surface area contributed by atoms with Gasteiger partial charge in [-0.1, -0.05) is 19.8 Å². The molecule has 0 saturated heterocycles. The molecule has 0 radical (unpaired) electrons. The lowest BCUT2D eigenvalue weighted by atomic mass is 9.94. The number of hydrogen-bond donors (Lipinski definition) is 2. The summed E-state index contributed by atoms with van der Waals surface area (Å²) >= 11 is 0. The summed E-state index contributed by atoms with van der Waals surface area (Å²) in [6.45, 7) is 3.64. The van der Waals surface area contributed by atoms with E-state index in [1.807, 2.05) is 0 Å². The van der Waals surface area contributed by atoms with E-state index in [0.717, 1.165) is 45.2 Å². The fraction of sp³-hybridized carbons (Fsp3) is 0.800. The molecule has 18 heavy (non-hydrogen) atoms. The molecule has 0 aliphatic carbocycles. The van der Waals surface area contributed by atoms with Gasteiger partial charge in [0.25, 0.3) is 0 Å². The van der Waals surface area contributed by atoms with Crippen LogP contribution in [0.15, 0.2) is 0 Å². The fourth-order valence-electron chi connectivity index (χ4n) is 2.08. The third kappa shape index (κ3) is 10.2. The molecule has 0 rings (SSSR count). The van der Waals surface area contributed by atoms with Gasteiger partial charge < -0.3 is 11.1 Å².